The quantitative estimate of drug-likeness (QED) is 0.195. The maximum absolute atomic E-state index is 14.5. The molecule has 0 fully saturated rings. The lowest BCUT2D eigenvalue weighted by atomic mass is 10.1. The predicted molar refractivity (Wildman–Crippen MR) is 145 cm³/mol. The van der Waals surface area contributed by atoms with Crippen LogP contribution in [0.25, 0.3) is 56.0 Å². The third-order valence-electron chi connectivity index (χ3n) is 6.43. The van der Waals surface area contributed by atoms with Crippen LogP contribution in [-0.2, 0) is 0 Å². The normalized spacial score (nSPS) is 12.3. The Morgan fingerprint density at radius 3 is 2.82 bits per heavy atom. The van der Waals surface area contributed by atoms with E-state index >= 15 is 0 Å². The number of rotatable bonds is 8. The Morgan fingerprint density at radius 2 is 1.95 bits per heavy atom. The van der Waals surface area contributed by atoms with E-state index in [4.69, 9.17) is 0 Å². The number of aliphatic hydroxyl groups excluding tert-OH is 1. The molecule has 0 bridgehead atoms. The lowest BCUT2D eigenvalue weighted by Gasteiger charge is -2.14. The molecule has 38 heavy (non-hydrogen) atoms. The van der Waals surface area contributed by atoms with E-state index < -0.39 is 6.23 Å². The summed E-state index contributed by atoms with van der Waals surface area (Å²) in [5, 5.41) is 21.6. The van der Waals surface area contributed by atoms with Gasteiger partial charge in [0.1, 0.15) is 17.7 Å². The molecule has 0 aliphatic carbocycles. The van der Waals surface area contributed by atoms with Crippen LogP contribution in [0.2, 0.25) is 0 Å². The van der Waals surface area contributed by atoms with Crippen LogP contribution in [-0.4, -0.2) is 46.5 Å². The van der Waals surface area contributed by atoms with Crippen LogP contribution in [0.5, 0.6) is 0 Å². The number of pyridine rings is 3. The first-order chi connectivity index (χ1) is 18.6. The largest absolute Gasteiger partial charge is 0.374 e. The highest BCUT2D eigenvalue weighted by molar-refractivity contribution is 5.96. The predicted octanol–water partition coefficient (Wildman–Crippen LogP) is 5.68. The average molecular weight is 509 g/mol. The van der Waals surface area contributed by atoms with Crippen LogP contribution in [0, 0.1) is 5.82 Å². The second-order valence-electron chi connectivity index (χ2n) is 9.07. The summed E-state index contributed by atoms with van der Waals surface area (Å²) >= 11 is 0. The van der Waals surface area contributed by atoms with Gasteiger partial charge in [0.2, 0.25) is 0 Å². The Kier molecular flexibility index (Phi) is 6.22. The highest BCUT2D eigenvalue weighted by Crippen LogP contribution is 2.32. The van der Waals surface area contributed by atoms with Gasteiger partial charge in [0.25, 0.3) is 0 Å². The maximum atomic E-state index is 14.5. The molecule has 0 radical (unpaired) electrons. The van der Waals surface area contributed by atoms with Crippen LogP contribution >= 0.6 is 0 Å². The Morgan fingerprint density at radius 1 is 1.05 bits per heavy atom. The lowest BCUT2D eigenvalue weighted by Crippen LogP contribution is -2.18. The van der Waals surface area contributed by atoms with Crippen LogP contribution in [0.15, 0.2) is 67.3 Å². The summed E-state index contributed by atoms with van der Waals surface area (Å²) < 4.78 is 14.5. The fourth-order valence-corrected chi connectivity index (χ4v) is 4.50. The number of aliphatic hydroxyl groups is 1. The molecular weight excluding hydrogens is 483 g/mol. The molecule has 4 N–H and O–H groups in total. The molecular formula is C28H25FN8O. The summed E-state index contributed by atoms with van der Waals surface area (Å²) in [5.74, 6) is 0.188. The van der Waals surface area contributed by atoms with E-state index in [1.165, 1.54) is 6.07 Å². The van der Waals surface area contributed by atoms with Gasteiger partial charge in [-0.1, -0.05) is 31.5 Å². The van der Waals surface area contributed by atoms with Crippen LogP contribution < -0.4 is 5.32 Å². The summed E-state index contributed by atoms with van der Waals surface area (Å²) in [4.78, 5) is 21.2. The molecule has 0 spiro atoms. The molecule has 9 nitrogen and oxygen atoms in total. The number of unbranched alkanes of at least 4 members (excludes halogenated alkanes) is 1. The summed E-state index contributed by atoms with van der Waals surface area (Å²) in [6, 6.07) is 12.2. The molecule has 10 heteroatoms. The van der Waals surface area contributed by atoms with Crippen molar-refractivity contribution in [1.29, 1.82) is 0 Å². The Bertz CT molecular complexity index is 1740. The van der Waals surface area contributed by atoms with Gasteiger partial charge in [-0.2, -0.15) is 5.10 Å². The molecule has 5 aromatic heterocycles. The van der Waals surface area contributed by atoms with Crippen molar-refractivity contribution in [2.45, 2.75) is 32.4 Å². The zero-order chi connectivity index (χ0) is 26.1. The van der Waals surface area contributed by atoms with Gasteiger partial charge >= 0.3 is 0 Å². The van der Waals surface area contributed by atoms with Crippen molar-refractivity contribution in [2.75, 3.05) is 5.32 Å². The average Bonchev–Trinajstić information content (AvgIpc) is 3.56. The third kappa shape index (κ3) is 4.46. The molecule has 6 aromatic rings. The zero-order valence-corrected chi connectivity index (χ0v) is 20.6. The third-order valence-corrected chi connectivity index (χ3v) is 6.43. The van der Waals surface area contributed by atoms with Crippen molar-refractivity contribution >= 4 is 27.8 Å². The molecule has 6 rings (SSSR count). The van der Waals surface area contributed by atoms with E-state index in [9.17, 15) is 9.50 Å². The van der Waals surface area contributed by atoms with Crippen molar-refractivity contribution in [3.05, 3.63) is 73.1 Å². The van der Waals surface area contributed by atoms with Crippen molar-refractivity contribution in [1.82, 2.24) is 35.1 Å². The van der Waals surface area contributed by atoms with Gasteiger partial charge in [-0.05, 0) is 37.1 Å². The van der Waals surface area contributed by atoms with Crippen LogP contribution in [0.4, 0.5) is 10.1 Å². The molecule has 5 heterocycles. The SMILES string of the molecule is CCCCC(O)Nc1cncc(-c2cc3c(-c4nc5nccc(-c6ccccc6F)c5[nH]4)n[nH]c3cn2)c1. The van der Waals surface area contributed by atoms with E-state index in [1.807, 2.05) is 12.1 Å². The summed E-state index contributed by atoms with van der Waals surface area (Å²) in [6.07, 6.45) is 8.70. The van der Waals surface area contributed by atoms with Gasteiger partial charge in [-0.25, -0.2) is 14.4 Å². The number of nitrogens with zero attached hydrogens (tertiary/aromatic N) is 5. The Hall–Kier alpha value is -4.70. The number of aromatic amines is 2. The van der Waals surface area contributed by atoms with Crippen molar-refractivity contribution < 1.29 is 9.50 Å². The van der Waals surface area contributed by atoms with Gasteiger partial charge in [0.05, 0.1) is 34.8 Å². The standard InChI is InChI=1S/C28H25FN8O/c1-2-3-8-24(38)33-17-11-16(13-30-14-17)22-12-20-23(15-32-22)36-37-26(20)28-34-25-19(9-10-31-27(25)35-28)18-6-4-5-7-21(18)29/h4-7,9-15,24,33,38H,2-3,8H2,1H3,(H,36,37)(H,31,34,35). The van der Waals surface area contributed by atoms with Gasteiger partial charge in [0, 0.05) is 34.5 Å². The van der Waals surface area contributed by atoms with E-state index in [-0.39, 0.29) is 5.82 Å². The number of imidazole rings is 1. The minimum Gasteiger partial charge on any atom is -0.374 e. The monoisotopic (exact) mass is 508 g/mol. The topological polar surface area (TPSA) is 128 Å². The number of aromatic nitrogens is 7. The number of anilines is 1. The first kappa shape index (κ1) is 23.7. The summed E-state index contributed by atoms with van der Waals surface area (Å²) in [5.41, 5.74) is 5.77. The van der Waals surface area contributed by atoms with Gasteiger partial charge in [-0.3, -0.25) is 15.1 Å². The van der Waals surface area contributed by atoms with Crippen LogP contribution in [0.3, 0.4) is 0 Å². The molecule has 0 amide bonds. The minimum atomic E-state index is -0.640. The number of nitrogens with one attached hydrogen (secondary N) is 3. The first-order valence-corrected chi connectivity index (χ1v) is 12.4. The summed E-state index contributed by atoms with van der Waals surface area (Å²) in [7, 11) is 0. The Balaban J connectivity index is 1.37. The lowest BCUT2D eigenvalue weighted by molar-refractivity contribution is 0.190. The molecule has 0 saturated heterocycles. The fraction of sp³-hybridized carbons (Fsp3) is 0.179. The number of benzene rings is 1. The van der Waals surface area contributed by atoms with Crippen LogP contribution in [0.1, 0.15) is 26.2 Å². The molecule has 1 atom stereocenters. The van der Waals surface area contributed by atoms with Gasteiger partial charge < -0.3 is 15.4 Å². The van der Waals surface area contributed by atoms with E-state index in [1.54, 1.807) is 49.1 Å². The fourth-order valence-electron chi connectivity index (χ4n) is 4.50. The highest BCUT2D eigenvalue weighted by atomic mass is 19.1. The van der Waals surface area contributed by atoms with Crippen molar-refractivity contribution in [2.24, 2.45) is 0 Å². The van der Waals surface area contributed by atoms with E-state index in [0.29, 0.717) is 51.6 Å². The second kappa shape index (κ2) is 9.98. The molecule has 1 unspecified atom stereocenters. The number of hydrogen-bond acceptors (Lipinski definition) is 7. The van der Waals surface area contributed by atoms with Crippen molar-refractivity contribution in [3.8, 4) is 33.9 Å². The molecule has 0 aliphatic rings. The van der Waals surface area contributed by atoms with Gasteiger partial charge in [-0.15, -0.1) is 0 Å². The second-order valence-corrected chi connectivity index (χ2v) is 9.07. The summed E-state index contributed by atoms with van der Waals surface area (Å²) in [6.45, 7) is 2.09. The highest BCUT2D eigenvalue weighted by Gasteiger charge is 2.18. The zero-order valence-electron chi connectivity index (χ0n) is 20.6. The number of hydrogen-bond donors (Lipinski definition) is 4. The van der Waals surface area contributed by atoms with Gasteiger partial charge in [0.15, 0.2) is 11.5 Å². The molecule has 0 aliphatic heterocycles. The van der Waals surface area contributed by atoms with E-state index in [0.717, 1.165) is 29.3 Å². The molecule has 190 valence electrons. The smallest absolute Gasteiger partial charge is 0.178 e. The first-order valence-electron chi connectivity index (χ1n) is 12.4. The number of H-pyrrole nitrogens is 2. The van der Waals surface area contributed by atoms with Crippen molar-refractivity contribution in [3.63, 3.8) is 0 Å². The minimum absolute atomic E-state index is 0.319. The number of fused-ring (bicyclic) bond motifs is 2. The molecule has 0 saturated carbocycles. The number of halogens is 1. The molecule has 1 aromatic carbocycles. The van der Waals surface area contributed by atoms with E-state index in [2.05, 4.69) is 47.4 Å². The Labute approximate surface area is 217 Å². The maximum Gasteiger partial charge on any atom is 0.178 e.